The quantitative estimate of drug-likeness (QED) is 0.919. The standard InChI is InChI=1S/C16H25N5/c1-4-21(15-8-6-5-7-13(15)9-17)16-14(10-18)11(2)12(3)19-20-16/h13,15H,4-9,17H2,1-3H3. The summed E-state index contributed by atoms with van der Waals surface area (Å²) < 4.78 is 0. The van der Waals surface area contributed by atoms with Crippen molar-refractivity contribution in [2.45, 2.75) is 52.5 Å². The summed E-state index contributed by atoms with van der Waals surface area (Å²) in [6, 6.07) is 2.69. The van der Waals surface area contributed by atoms with Gasteiger partial charge in [-0.3, -0.25) is 0 Å². The molecule has 114 valence electrons. The van der Waals surface area contributed by atoms with Crippen molar-refractivity contribution in [1.29, 1.82) is 5.26 Å². The molecule has 0 bridgehead atoms. The van der Waals surface area contributed by atoms with E-state index in [0.29, 0.717) is 24.1 Å². The lowest BCUT2D eigenvalue weighted by molar-refractivity contribution is 0.299. The van der Waals surface area contributed by atoms with Crippen molar-refractivity contribution in [3.05, 3.63) is 16.8 Å². The van der Waals surface area contributed by atoms with E-state index in [9.17, 15) is 5.26 Å². The zero-order valence-electron chi connectivity index (χ0n) is 13.3. The summed E-state index contributed by atoms with van der Waals surface area (Å²) in [5.41, 5.74) is 8.38. The number of rotatable bonds is 4. The predicted octanol–water partition coefficient (Wildman–Crippen LogP) is 2.31. The van der Waals surface area contributed by atoms with Gasteiger partial charge in [-0.25, -0.2) is 0 Å². The van der Waals surface area contributed by atoms with Crippen LogP contribution in [-0.4, -0.2) is 29.3 Å². The number of hydrogen-bond acceptors (Lipinski definition) is 5. The second-order valence-corrected chi connectivity index (χ2v) is 5.85. The van der Waals surface area contributed by atoms with Crippen molar-refractivity contribution in [3.8, 4) is 6.07 Å². The zero-order valence-corrected chi connectivity index (χ0v) is 13.3. The Balaban J connectivity index is 2.42. The lowest BCUT2D eigenvalue weighted by atomic mass is 9.83. The lowest BCUT2D eigenvalue weighted by Crippen LogP contribution is -2.46. The maximum absolute atomic E-state index is 9.52. The van der Waals surface area contributed by atoms with E-state index < -0.39 is 0 Å². The first kappa shape index (κ1) is 15.7. The van der Waals surface area contributed by atoms with E-state index in [2.05, 4.69) is 28.1 Å². The Kier molecular flexibility index (Phi) is 5.13. The van der Waals surface area contributed by atoms with E-state index in [1.54, 1.807) is 0 Å². The highest BCUT2D eigenvalue weighted by Gasteiger charge is 2.31. The molecular formula is C16H25N5. The van der Waals surface area contributed by atoms with Crippen LogP contribution in [0.2, 0.25) is 0 Å². The molecule has 2 rings (SSSR count). The predicted molar refractivity (Wildman–Crippen MR) is 84.0 cm³/mol. The Morgan fingerprint density at radius 3 is 2.62 bits per heavy atom. The minimum atomic E-state index is 0.372. The first-order valence-electron chi connectivity index (χ1n) is 7.84. The fraction of sp³-hybridized carbons (Fsp3) is 0.688. The van der Waals surface area contributed by atoms with E-state index >= 15 is 0 Å². The number of anilines is 1. The Morgan fingerprint density at radius 1 is 1.29 bits per heavy atom. The Labute approximate surface area is 127 Å². The minimum Gasteiger partial charge on any atom is -0.351 e. The molecule has 5 heteroatoms. The highest BCUT2D eigenvalue weighted by atomic mass is 15.3. The van der Waals surface area contributed by atoms with Gasteiger partial charge in [0.25, 0.3) is 0 Å². The van der Waals surface area contributed by atoms with Crippen LogP contribution in [0.15, 0.2) is 0 Å². The van der Waals surface area contributed by atoms with Gasteiger partial charge < -0.3 is 10.6 Å². The van der Waals surface area contributed by atoms with Crippen LogP contribution in [0.5, 0.6) is 0 Å². The van der Waals surface area contributed by atoms with Gasteiger partial charge in [0.15, 0.2) is 5.82 Å². The average Bonchev–Trinajstić information content (AvgIpc) is 2.52. The first-order valence-corrected chi connectivity index (χ1v) is 7.84. The summed E-state index contributed by atoms with van der Waals surface area (Å²) in [6.45, 7) is 7.47. The molecule has 1 saturated carbocycles. The average molecular weight is 287 g/mol. The molecule has 1 fully saturated rings. The summed E-state index contributed by atoms with van der Waals surface area (Å²) in [5, 5.41) is 18.1. The van der Waals surface area contributed by atoms with Gasteiger partial charge in [0.2, 0.25) is 0 Å². The van der Waals surface area contributed by atoms with E-state index in [-0.39, 0.29) is 0 Å². The zero-order chi connectivity index (χ0) is 15.4. The fourth-order valence-corrected chi connectivity index (χ4v) is 3.35. The molecule has 1 aliphatic carbocycles. The van der Waals surface area contributed by atoms with Gasteiger partial charge in [-0.2, -0.15) is 10.4 Å². The number of nitriles is 1. The molecule has 2 unspecified atom stereocenters. The molecule has 1 aromatic rings. The molecule has 0 saturated heterocycles. The molecule has 0 spiro atoms. The maximum Gasteiger partial charge on any atom is 0.169 e. The van der Waals surface area contributed by atoms with Crippen LogP contribution in [0.3, 0.4) is 0 Å². The summed E-state index contributed by atoms with van der Waals surface area (Å²) in [4.78, 5) is 2.24. The number of nitrogens with zero attached hydrogens (tertiary/aromatic N) is 4. The van der Waals surface area contributed by atoms with Crippen LogP contribution in [0, 0.1) is 31.1 Å². The largest absolute Gasteiger partial charge is 0.351 e. The molecule has 21 heavy (non-hydrogen) atoms. The van der Waals surface area contributed by atoms with E-state index in [1.807, 2.05) is 13.8 Å². The van der Waals surface area contributed by atoms with Crippen molar-refractivity contribution < 1.29 is 0 Å². The van der Waals surface area contributed by atoms with Crippen LogP contribution in [0.4, 0.5) is 5.82 Å². The van der Waals surface area contributed by atoms with Gasteiger partial charge >= 0.3 is 0 Å². The highest BCUT2D eigenvalue weighted by Crippen LogP contribution is 2.32. The molecule has 1 heterocycles. The van der Waals surface area contributed by atoms with E-state index in [0.717, 1.165) is 36.5 Å². The van der Waals surface area contributed by atoms with Crippen molar-refractivity contribution in [3.63, 3.8) is 0 Å². The molecule has 0 amide bonds. The van der Waals surface area contributed by atoms with Crippen molar-refractivity contribution in [2.75, 3.05) is 18.0 Å². The van der Waals surface area contributed by atoms with Crippen LogP contribution in [0.25, 0.3) is 0 Å². The second kappa shape index (κ2) is 6.86. The number of aromatic nitrogens is 2. The van der Waals surface area contributed by atoms with Gasteiger partial charge in [-0.05, 0) is 51.6 Å². The topological polar surface area (TPSA) is 78.8 Å². The molecule has 0 aromatic carbocycles. The van der Waals surface area contributed by atoms with Crippen molar-refractivity contribution in [2.24, 2.45) is 11.7 Å². The molecule has 5 nitrogen and oxygen atoms in total. The highest BCUT2D eigenvalue weighted by molar-refractivity contribution is 5.58. The molecule has 0 radical (unpaired) electrons. The Hall–Kier alpha value is -1.67. The van der Waals surface area contributed by atoms with Gasteiger partial charge in [0.05, 0.1) is 5.69 Å². The molecule has 1 aromatic heterocycles. The third-order valence-corrected chi connectivity index (χ3v) is 4.73. The van der Waals surface area contributed by atoms with Gasteiger partial charge in [-0.15, -0.1) is 5.10 Å². The number of aryl methyl sites for hydroxylation is 1. The molecular weight excluding hydrogens is 262 g/mol. The first-order chi connectivity index (χ1) is 10.1. The third-order valence-electron chi connectivity index (χ3n) is 4.73. The molecule has 1 aliphatic rings. The maximum atomic E-state index is 9.52. The smallest absolute Gasteiger partial charge is 0.169 e. The monoisotopic (exact) mass is 287 g/mol. The van der Waals surface area contributed by atoms with Gasteiger partial charge in [0, 0.05) is 12.6 Å². The second-order valence-electron chi connectivity index (χ2n) is 5.85. The third kappa shape index (κ3) is 3.01. The molecule has 0 aliphatic heterocycles. The fourth-order valence-electron chi connectivity index (χ4n) is 3.35. The van der Waals surface area contributed by atoms with Crippen molar-refractivity contribution in [1.82, 2.24) is 10.2 Å². The number of nitrogens with two attached hydrogens (primary N) is 1. The van der Waals surface area contributed by atoms with Crippen LogP contribution in [0.1, 0.15) is 49.4 Å². The SMILES string of the molecule is CCN(c1nnc(C)c(C)c1C#N)C1CCCCC1CN. The summed E-state index contributed by atoms with van der Waals surface area (Å²) in [7, 11) is 0. The molecule has 2 atom stereocenters. The number of hydrogen-bond donors (Lipinski definition) is 1. The summed E-state index contributed by atoms with van der Waals surface area (Å²) in [6.07, 6.45) is 4.75. The summed E-state index contributed by atoms with van der Waals surface area (Å²) >= 11 is 0. The minimum absolute atomic E-state index is 0.372. The van der Waals surface area contributed by atoms with E-state index in [1.165, 1.54) is 12.8 Å². The normalized spacial score (nSPS) is 21.9. The van der Waals surface area contributed by atoms with E-state index in [4.69, 9.17) is 5.73 Å². The van der Waals surface area contributed by atoms with Gasteiger partial charge in [-0.1, -0.05) is 12.8 Å². The van der Waals surface area contributed by atoms with Crippen LogP contribution >= 0.6 is 0 Å². The van der Waals surface area contributed by atoms with Crippen LogP contribution < -0.4 is 10.6 Å². The summed E-state index contributed by atoms with van der Waals surface area (Å²) in [5.74, 6) is 1.21. The van der Waals surface area contributed by atoms with Crippen molar-refractivity contribution >= 4 is 5.82 Å². The lowest BCUT2D eigenvalue weighted by Gasteiger charge is -2.40. The van der Waals surface area contributed by atoms with Gasteiger partial charge in [0.1, 0.15) is 11.6 Å². The van der Waals surface area contributed by atoms with Crippen LogP contribution in [-0.2, 0) is 0 Å². The Morgan fingerprint density at radius 2 is 2.00 bits per heavy atom. The molecule has 2 N–H and O–H groups in total. The Bertz CT molecular complexity index is 534.